The van der Waals surface area contributed by atoms with Gasteiger partial charge in [-0.3, -0.25) is 9.69 Å². The molecule has 23 heavy (non-hydrogen) atoms. The van der Waals surface area contributed by atoms with E-state index >= 15 is 0 Å². The molecule has 0 radical (unpaired) electrons. The van der Waals surface area contributed by atoms with Crippen molar-refractivity contribution in [3.05, 3.63) is 29.8 Å². The average Bonchev–Trinajstić information content (AvgIpc) is 3.20. The summed E-state index contributed by atoms with van der Waals surface area (Å²) in [5.74, 6) is 0.290. The Bertz CT molecular complexity index is 561. The number of benzene rings is 1. The molecule has 0 aromatic heterocycles. The van der Waals surface area contributed by atoms with Crippen LogP contribution < -0.4 is 0 Å². The van der Waals surface area contributed by atoms with Crippen molar-refractivity contribution in [3.63, 3.8) is 0 Å². The molecule has 0 spiro atoms. The second-order valence-electron chi connectivity index (χ2n) is 6.85. The largest absolute Gasteiger partial charge is 0.391 e. The number of rotatable bonds is 2. The summed E-state index contributed by atoms with van der Waals surface area (Å²) in [4.78, 5) is 18.5. The van der Waals surface area contributed by atoms with Gasteiger partial charge in [-0.05, 0) is 37.3 Å². The van der Waals surface area contributed by atoms with E-state index in [9.17, 15) is 9.90 Å². The Kier molecular flexibility index (Phi) is 4.35. The average molecular weight is 332 g/mol. The SMILES string of the molecule is O=C([C@@H]1Cc2ccccc2S1)N1CCN([C@H]2CCC[C@@H]2O)CC1. The molecule has 1 N–H and O–H groups in total. The number of piperazine rings is 1. The number of hydrogen-bond acceptors (Lipinski definition) is 4. The summed E-state index contributed by atoms with van der Waals surface area (Å²) in [6.07, 6.45) is 3.85. The summed E-state index contributed by atoms with van der Waals surface area (Å²) >= 11 is 1.72. The molecule has 5 heteroatoms. The fourth-order valence-electron chi connectivity index (χ4n) is 4.14. The number of hydrogen-bond donors (Lipinski definition) is 1. The Balaban J connectivity index is 1.33. The molecule has 1 aliphatic carbocycles. The molecule has 1 amide bonds. The minimum Gasteiger partial charge on any atom is -0.391 e. The highest BCUT2D eigenvalue weighted by Crippen LogP contribution is 2.37. The van der Waals surface area contributed by atoms with Crippen molar-refractivity contribution >= 4 is 17.7 Å². The first-order valence-corrected chi connectivity index (χ1v) is 9.56. The highest BCUT2D eigenvalue weighted by atomic mass is 32.2. The van der Waals surface area contributed by atoms with Crippen LogP contribution in [0.4, 0.5) is 0 Å². The lowest BCUT2D eigenvalue weighted by Crippen LogP contribution is -2.55. The number of nitrogens with zero attached hydrogens (tertiary/aromatic N) is 2. The molecular weight excluding hydrogens is 308 g/mol. The van der Waals surface area contributed by atoms with Crippen molar-refractivity contribution in [2.24, 2.45) is 0 Å². The molecule has 0 bridgehead atoms. The predicted octanol–water partition coefficient (Wildman–Crippen LogP) is 1.76. The van der Waals surface area contributed by atoms with E-state index in [0.717, 1.165) is 51.9 Å². The van der Waals surface area contributed by atoms with Gasteiger partial charge in [-0.1, -0.05) is 18.2 Å². The summed E-state index contributed by atoms with van der Waals surface area (Å²) in [5, 5.41) is 10.1. The maximum Gasteiger partial charge on any atom is 0.236 e. The maximum absolute atomic E-state index is 12.8. The number of thioether (sulfide) groups is 1. The van der Waals surface area contributed by atoms with Crippen molar-refractivity contribution < 1.29 is 9.90 Å². The lowest BCUT2D eigenvalue weighted by atomic mass is 10.1. The van der Waals surface area contributed by atoms with Gasteiger partial charge >= 0.3 is 0 Å². The molecule has 0 unspecified atom stereocenters. The van der Waals surface area contributed by atoms with Crippen molar-refractivity contribution in [1.29, 1.82) is 0 Å². The number of carbonyl (C=O) groups excluding carboxylic acids is 1. The van der Waals surface area contributed by atoms with Crippen LogP contribution >= 0.6 is 11.8 Å². The quantitative estimate of drug-likeness (QED) is 0.896. The summed E-state index contributed by atoms with van der Waals surface area (Å²) in [6.45, 7) is 3.40. The van der Waals surface area contributed by atoms with Crippen molar-refractivity contribution in [3.8, 4) is 0 Å². The number of aliphatic hydroxyl groups excluding tert-OH is 1. The number of aliphatic hydroxyl groups is 1. The van der Waals surface area contributed by atoms with Gasteiger partial charge in [-0.2, -0.15) is 0 Å². The number of fused-ring (bicyclic) bond motifs is 1. The Labute approximate surface area is 141 Å². The van der Waals surface area contributed by atoms with Gasteiger partial charge in [-0.15, -0.1) is 11.8 Å². The highest BCUT2D eigenvalue weighted by molar-refractivity contribution is 8.01. The zero-order valence-electron chi connectivity index (χ0n) is 13.4. The maximum atomic E-state index is 12.8. The van der Waals surface area contributed by atoms with Gasteiger partial charge in [0.15, 0.2) is 0 Å². The number of carbonyl (C=O) groups is 1. The van der Waals surface area contributed by atoms with Crippen LogP contribution in [0.15, 0.2) is 29.2 Å². The fourth-order valence-corrected chi connectivity index (χ4v) is 5.42. The molecule has 3 atom stereocenters. The van der Waals surface area contributed by atoms with Crippen LogP contribution in [-0.2, 0) is 11.2 Å². The fraction of sp³-hybridized carbons (Fsp3) is 0.611. The Hall–Kier alpha value is -1.04. The van der Waals surface area contributed by atoms with Gasteiger partial charge in [0.05, 0.1) is 11.4 Å². The van der Waals surface area contributed by atoms with Crippen molar-refractivity contribution in [2.45, 2.75) is 48.0 Å². The van der Waals surface area contributed by atoms with E-state index in [1.54, 1.807) is 11.8 Å². The molecule has 1 saturated carbocycles. The molecule has 1 aromatic carbocycles. The molecule has 2 aliphatic heterocycles. The van der Waals surface area contributed by atoms with Crippen LogP contribution in [0.2, 0.25) is 0 Å². The zero-order chi connectivity index (χ0) is 15.8. The van der Waals surface area contributed by atoms with E-state index in [0.29, 0.717) is 6.04 Å². The van der Waals surface area contributed by atoms with E-state index in [-0.39, 0.29) is 17.3 Å². The normalized spacial score (nSPS) is 31.3. The lowest BCUT2D eigenvalue weighted by molar-refractivity contribution is -0.132. The van der Waals surface area contributed by atoms with Gasteiger partial charge in [0.2, 0.25) is 5.91 Å². The van der Waals surface area contributed by atoms with E-state index in [2.05, 4.69) is 23.1 Å². The highest BCUT2D eigenvalue weighted by Gasteiger charge is 2.36. The molecule has 3 aliphatic rings. The smallest absolute Gasteiger partial charge is 0.236 e. The summed E-state index contributed by atoms with van der Waals surface area (Å²) in [5.41, 5.74) is 1.31. The monoisotopic (exact) mass is 332 g/mol. The van der Waals surface area contributed by atoms with E-state index < -0.39 is 0 Å². The van der Waals surface area contributed by atoms with Crippen LogP contribution in [0, 0.1) is 0 Å². The minimum atomic E-state index is -0.169. The third-order valence-corrected chi connectivity index (χ3v) is 6.77. The van der Waals surface area contributed by atoms with Gasteiger partial charge in [0, 0.05) is 37.1 Å². The molecule has 4 nitrogen and oxygen atoms in total. The van der Waals surface area contributed by atoms with Crippen LogP contribution in [0.1, 0.15) is 24.8 Å². The Morgan fingerprint density at radius 3 is 2.61 bits per heavy atom. The van der Waals surface area contributed by atoms with E-state index in [1.165, 1.54) is 10.5 Å². The van der Waals surface area contributed by atoms with Crippen LogP contribution in [-0.4, -0.2) is 64.4 Å². The predicted molar refractivity (Wildman–Crippen MR) is 91.6 cm³/mol. The van der Waals surface area contributed by atoms with E-state index in [1.807, 2.05) is 11.0 Å². The molecule has 1 aromatic rings. The zero-order valence-corrected chi connectivity index (χ0v) is 14.2. The van der Waals surface area contributed by atoms with Gasteiger partial charge in [0.25, 0.3) is 0 Å². The third kappa shape index (κ3) is 3.02. The number of amides is 1. The summed E-state index contributed by atoms with van der Waals surface area (Å²) < 4.78 is 0. The first kappa shape index (κ1) is 15.5. The molecule has 2 fully saturated rings. The first-order valence-electron chi connectivity index (χ1n) is 8.68. The topological polar surface area (TPSA) is 43.8 Å². The second kappa shape index (κ2) is 6.46. The standard InChI is InChI=1S/C18H24N2O2S/c21-15-6-3-5-14(15)19-8-10-20(11-9-19)18(22)17-12-13-4-1-2-7-16(13)23-17/h1-2,4,7,14-15,17,21H,3,5-6,8-12H2/t14-,15-,17-/m0/s1. The minimum absolute atomic E-state index is 0.0519. The van der Waals surface area contributed by atoms with E-state index in [4.69, 9.17) is 0 Å². The molecule has 1 saturated heterocycles. The summed E-state index contributed by atoms with van der Waals surface area (Å²) in [7, 11) is 0. The van der Waals surface area contributed by atoms with Crippen LogP contribution in [0.3, 0.4) is 0 Å². The van der Waals surface area contributed by atoms with Crippen molar-refractivity contribution in [1.82, 2.24) is 9.80 Å². The molecular formula is C18H24N2O2S. The second-order valence-corrected chi connectivity index (χ2v) is 8.09. The third-order valence-electron chi connectivity index (χ3n) is 5.46. The first-order chi connectivity index (χ1) is 11.2. The van der Waals surface area contributed by atoms with Gasteiger partial charge in [-0.25, -0.2) is 0 Å². The van der Waals surface area contributed by atoms with Crippen molar-refractivity contribution in [2.75, 3.05) is 26.2 Å². The van der Waals surface area contributed by atoms with Crippen LogP contribution in [0.25, 0.3) is 0 Å². The van der Waals surface area contributed by atoms with Gasteiger partial charge in [0.1, 0.15) is 0 Å². The molecule has 2 heterocycles. The van der Waals surface area contributed by atoms with Crippen LogP contribution in [0.5, 0.6) is 0 Å². The lowest BCUT2D eigenvalue weighted by Gasteiger charge is -2.39. The molecule has 124 valence electrons. The summed E-state index contributed by atoms with van der Waals surface area (Å²) in [6, 6.07) is 8.67. The van der Waals surface area contributed by atoms with Gasteiger partial charge < -0.3 is 10.0 Å². The Morgan fingerprint density at radius 2 is 1.91 bits per heavy atom. The Morgan fingerprint density at radius 1 is 1.13 bits per heavy atom. The molecule has 4 rings (SSSR count).